The van der Waals surface area contributed by atoms with Gasteiger partial charge >= 0.3 is 0 Å². The second-order valence-corrected chi connectivity index (χ2v) is 3.26. The highest BCUT2D eigenvalue weighted by Crippen LogP contribution is 2.26. The van der Waals surface area contributed by atoms with Crippen LogP contribution in [0.5, 0.6) is 0 Å². The summed E-state index contributed by atoms with van der Waals surface area (Å²) in [6, 6.07) is 4.16. The van der Waals surface area contributed by atoms with E-state index in [2.05, 4.69) is 5.32 Å². The number of rotatable bonds is 2. The van der Waals surface area contributed by atoms with E-state index in [1.165, 1.54) is 0 Å². The summed E-state index contributed by atoms with van der Waals surface area (Å²) in [5.41, 5.74) is 0. The van der Waals surface area contributed by atoms with E-state index >= 15 is 0 Å². The van der Waals surface area contributed by atoms with E-state index in [0.717, 1.165) is 18.7 Å². The average Bonchev–Trinajstić information content (AvgIpc) is 2.75. The monoisotopic (exact) mass is 167 g/mol. The van der Waals surface area contributed by atoms with Gasteiger partial charge in [0, 0.05) is 13.2 Å². The lowest BCUT2D eigenvalue weighted by Crippen LogP contribution is -2.14. The fourth-order valence-electron chi connectivity index (χ4n) is 1.65. The Labute approximate surface area is 71.4 Å². The Hall–Kier alpha value is -0.800. The number of furan rings is 1. The van der Waals surface area contributed by atoms with Gasteiger partial charge < -0.3 is 14.8 Å². The predicted octanol–water partition coefficient (Wildman–Crippen LogP) is 0.923. The zero-order valence-corrected chi connectivity index (χ0v) is 6.86. The number of hydrogen-bond donors (Lipinski definition) is 2. The molecule has 12 heavy (non-hydrogen) atoms. The van der Waals surface area contributed by atoms with Gasteiger partial charge in [0.1, 0.15) is 5.76 Å². The molecular weight excluding hydrogens is 154 g/mol. The molecule has 1 aromatic heterocycles. The smallest absolute Gasteiger partial charge is 0.120 e. The minimum Gasteiger partial charge on any atom is -0.468 e. The van der Waals surface area contributed by atoms with Gasteiger partial charge in [0.05, 0.1) is 12.3 Å². The molecule has 2 heterocycles. The summed E-state index contributed by atoms with van der Waals surface area (Å²) in [7, 11) is 0. The standard InChI is InChI=1S/C9H13NO2/c11-6-7-4-8(10-5-7)9-2-1-3-12-9/h1-3,7-8,10-11H,4-6H2. The Morgan fingerprint density at radius 3 is 3.17 bits per heavy atom. The van der Waals surface area contributed by atoms with Gasteiger partial charge in [0.2, 0.25) is 0 Å². The summed E-state index contributed by atoms with van der Waals surface area (Å²) in [4.78, 5) is 0. The molecule has 2 atom stereocenters. The van der Waals surface area contributed by atoms with E-state index < -0.39 is 0 Å². The van der Waals surface area contributed by atoms with Crippen LogP contribution in [0.15, 0.2) is 22.8 Å². The van der Waals surface area contributed by atoms with E-state index in [4.69, 9.17) is 9.52 Å². The maximum Gasteiger partial charge on any atom is 0.120 e. The number of nitrogens with one attached hydrogen (secondary N) is 1. The normalized spacial score (nSPS) is 29.4. The molecular formula is C9H13NO2. The van der Waals surface area contributed by atoms with E-state index in [-0.39, 0.29) is 6.61 Å². The molecule has 2 rings (SSSR count). The maximum atomic E-state index is 8.91. The third-order valence-electron chi connectivity index (χ3n) is 2.37. The van der Waals surface area contributed by atoms with Crippen LogP contribution < -0.4 is 5.32 Å². The summed E-state index contributed by atoms with van der Waals surface area (Å²) in [5, 5.41) is 12.2. The highest BCUT2D eigenvalue weighted by Gasteiger charge is 2.25. The minimum atomic E-state index is 0.268. The van der Waals surface area contributed by atoms with Crippen molar-refractivity contribution in [1.29, 1.82) is 0 Å². The minimum absolute atomic E-state index is 0.268. The van der Waals surface area contributed by atoms with Crippen molar-refractivity contribution in [2.24, 2.45) is 5.92 Å². The molecule has 2 unspecified atom stereocenters. The van der Waals surface area contributed by atoms with Gasteiger partial charge in [-0.15, -0.1) is 0 Å². The summed E-state index contributed by atoms with van der Waals surface area (Å²) in [5.74, 6) is 1.37. The third kappa shape index (κ3) is 1.38. The summed E-state index contributed by atoms with van der Waals surface area (Å²) >= 11 is 0. The van der Waals surface area contributed by atoms with Crippen molar-refractivity contribution in [2.75, 3.05) is 13.2 Å². The number of aliphatic hydroxyl groups is 1. The molecule has 3 nitrogen and oxygen atoms in total. The molecule has 0 aromatic carbocycles. The summed E-state index contributed by atoms with van der Waals surface area (Å²) in [6.07, 6.45) is 2.66. The van der Waals surface area contributed by atoms with Crippen LogP contribution >= 0.6 is 0 Å². The Balaban J connectivity index is 2.00. The van der Waals surface area contributed by atoms with Crippen molar-refractivity contribution in [1.82, 2.24) is 5.32 Å². The predicted molar refractivity (Wildman–Crippen MR) is 44.6 cm³/mol. The van der Waals surface area contributed by atoms with Crippen LogP contribution in [-0.2, 0) is 0 Å². The molecule has 0 radical (unpaired) electrons. The molecule has 1 fully saturated rings. The fourth-order valence-corrected chi connectivity index (χ4v) is 1.65. The largest absolute Gasteiger partial charge is 0.468 e. The lowest BCUT2D eigenvalue weighted by molar-refractivity contribution is 0.235. The third-order valence-corrected chi connectivity index (χ3v) is 2.37. The van der Waals surface area contributed by atoms with Crippen LogP contribution in [0.3, 0.4) is 0 Å². The second kappa shape index (κ2) is 3.29. The maximum absolute atomic E-state index is 8.91. The van der Waals surface area contributed by atoms with Crippen molar-refractivity contribution in [3.8, 4) is 0 Å². The van der Waals surface area contributed by atoms with Crippen molar-refractivity contribution < 1.29 is 9.52 Å². The fraction of sp³-hybridized carbons (Fsp3) is 0.556. The molecule has 3 heteroatoms. The first-order valence-corrected chi connectivity index (χ1v) is 4.28. The Bertz CT molecular complexity index is 233. The topological polar surface area (TPSA) is 45.4 Å². The Morgan fingerprint density at radius 2 is 2.58 bits per heavy atom. The zero-order chi connectivity index (χ0) is 8.39. The highest BCUT2D eigenvalue weighted by atomic mass is 16.3. The molecule has 1 aromatic rings. The van der Waals surface area contributed by atoms with Crippen molar-refractivity contribution in [3.05, 3.63) is 24.2 Å². The SMILES string of the molecule is OCC1CNC(c2ccco2)C1. The quantitative estimate of drug-likeness (QED) is 0.688. The van der Waals surface area contributed by atoms with Crippen molar-refractivity contribution in [3.63, 3.8) is 0 Å². The Morgan fingerprint density at radius 1 is 1.67 bits per heavy atom. The van der Waals surface area contributed by atoms with Gasteiger partial charge in [-0.3, -0.25) is 0 Å². The molecule has 0 saturated carbocycles. The lowest BCUT2D eigenvalue weighted by Gasteiger charge is -2.05. The zero-order valence-electron chi connectivity index (χ0n) is 6.86. The number of hydrogen-bond acceptors (Lipinski definition) is 3. The second-order valence-electron chi connectivity index (χ2n) is 3.26. The molecule has 1 saturated heterocycles. The first-order chi connectivity index (χ1) is 5.90. The van der Waals surface area contributed by atoms with Gasteiger partial charge in [-0.25, -0.2) is 0 Å². The lowest BCUT2D eigenvalue weighted by atomic mass is 10.1. The van der Waals surface area contributed by atoms with Crippen LogP contribution in [0.4, 0.5) is 0 Å². The van der Waals surface area contributed by atoms with Gasteiger partial charge in [0.15, 0.2) is 0 Å². The van der Waals surface area contributed by atoms with Gasteiger partial charge in [-0.2, -0.15) is 0 Å². The van der Waals surface area contributed by atoms with Crippen LogP contribution in [0.25, 0.3) is 0 Å². The average molecular weight is 167 g/mol. The van der Waals surface area contributed by atoms with Crippen LogP contribution in [0.1, 0.15) is 18.2 Å². The van der Waals surface area contributed by atoms with Gasteiger partial charge in [-0.05, 0) is 24.5 Å². The molecule has 0 bridgehead atoms. The highest BCUT2D eigenvalue weighted by molar-refractivity contribution is 5.06. The van der Waals surface area contributed by atoms with Crippen molar-refractivity contribution in [2.45, 2.75) is 12.5 Å². The molecule has 2 N–H and O–H groups in total. The molecule has 0 spiro atoms. The summed E-state index contributed by atoms with van der Waals surface area (Å²) in [6.45, 7) is 1.16. The van der Waals surface area contributed by atoms with Gasteiger partial charge in [-0.1, -0.05) is 0 Å². The van der Waals surface area contributed by atoms with E-state index in [1.807, 2.05) is 12.1 Å². The molecule has 66 valence electrons. The van der Waals surface area contributed by atoms with Crippen LogP contribution in [0.2, 0.25) is 0 Å². The van der Waals surface area contributed by atoms with Crippen LogP contribution in [-0.4, -0.2) is 18.3 Å². The van der Waals surface area contributed by atoms with E-state index in [1.54, 1.807) is 6.26 Å². The van der Waals surface area contributed by atoms with Gasteiger partial charge in [0.25, 0.3) is 0 Å². The van der Waals surface area contributed by atoms with Crippen molar-refractivity contribution >= 4 is 0 Å². The number of aliphatic hydroxyl groups excluding tert-OH is 1. The molecule has 1 aliphatic heterocycles. The van der Waals surface area contributed by atoms with E-state index in [0.29, 0.717) is 12.0 Å². The first-order valence-electron chi connectivity index (χ1n) is 4.28. The van der Waals surface area contributed by atoms with Crippen LogP contribution in [0, 0.1) is 5.92 Å². The van der Waals surface area contributed by atoms with E-state index in [9.17, 15) is 0 Å². The Kier molecular flexibility index (Phi) is 2.15. The molecule has 1 aliphatic rings. The summed E-state index contributed by atoms with van der Waals surface area (Å²) < 4.78 is 5.27. The molecule has 0 amide bonds. The molecule has 0 aliphatic carbocycles. The first kappa shape index (κ1) is 7.83.